The average Bonchev–Trinajstić information content (AvgIpc) is 2.73. The van der Waals surface area contributed by atoms with Crippen molar-refractivity contribution >= 4 is 40.8 Å². The molecular formula is C13H14Cl2N2O4. The molecule has 0 bridgehead atoms. The van der Waals surface area contributed by atoms with Crippen molar-refractivity contribution in [3.8, 4) is 0 Å². The molecule has 114 valence electrons. The van der Waals surface area contributed by atoms with E-state index in [-0.39, 0.29) is 34.5 Å². The van der Waals surface area contributed by atoms with Crippen LogP contribution in [0.15, 0.2) is 12.1 Å². The molecule has 0 saturated carbocycles. The molecule has 1 aromatic carbocycles. The van der Waals surface area contributed by atoms with Gasteiger partial charge in [-0.1, -0.05) is 23.2 Å². The van der Waals surface area contributed by atoms with Gasteiger partial charge in [-0.05, 0) is 19.1 Å². The van der Waals surface area contributed by atoms with Gasteiger partial charge in [0.05, 0.1) is 34.9 Å². The first-order valence-electron chi connectivity index (χ1n) is 6.13. The van der Waals surface area contributed by atoms with Crippen LogP contribution in [0.25, 0.3) is 0 Å². The van der Waals surface area contributed by atoms with Gasteiger partial charge in [-0.15, -0.1) is 0 Å². The maximum atomic E-state index is 12.4. The molecule has 0 aromatic heterocycles. The summed E-state index contributed by atoms with van der Waals surface area (Å²) in [5.74, 6) is -1.69. The van der Waals surface area contributed by atoms with E-state index in [9.17, 15) is 14.7 Å². The second kappa shape index (κ2) is 5.81. The lowest BCUT2D eigenvalue weighted by Crippen LogP contribution is -2.47. The van der Waals surface area contributed by atoms with Crippen molar-refractivity contribution in [2.75, 3.05) is 18.5 Å². The molecule has 0 spiro atoms. The standard InChI is InChI=1S/C13H14Cl2N2O4/c1-13(5-21-4-9(13)16)12(20)17-10-7(11(18)19)2-6(14)3-8(10)15/h2-3,9H,4-5,16H2,1H3,(H,17,20)(H,18,19). The minimum absolute atomic E-state index is 0.00103. The number of ether oxygens (including phenoxy) is 1. The van der Waals surface area contributed by atoms with Crippen molar-refractivity contribution in [3.63, 3.8) is 0 Å². The smallest absolute Gasteiger partial charge is 0.337 e. The highest BCUT2D eigenvalue weighted by Gasteiger charge is 2.44. The number of amides is 1. The highest BCUT2D eigenvalue weighted by molar-refractivity contribution is 6.37. The van der Waals surface area contributed by atoms with Crippen LogP contribution in [0.2, 0.25) is 10.0 Å². The fourth-order valence-corrected chi connectivity index (χ4v) is 2.59. The van der Waals surface area contributed by atoms with E-state index in [1.54, 1.807) is 6.92 Å². The Hall–Kier alpha value is -1.34. The zero-order chi connectivity index (χ0) is 15.8. The zero-order valence-electron chi connectivity index (χ0n) is 11.2. The van der Waals surface area contributed by atoms with E-state index >= 15 is 0 Å². The predicted molar refractivity (Wildman–Crippen MR) is 79.0 cm³/mol. The first kappa shape index (κ1) is 16.0. The SMILES string of the molecule is CC1(C(=O)Nc2c(Cl)cc(Cl)cc2C(=O)O)COCC1N. The third-order valence-corrected chi connectivity index (χ3v) is 4.08. The second-order valence-corrected chi connectivity index (χ2v) is 5.95. The van der Waals surface area contributed by atoms with Gasteiger partial charge in [0.25, 0.3) is 0 Å². The summed E-state index contributed by atoms with van der Waals surface area (Å²) in [7, 11) is 0. The van der Waals surface area contributed by atoms with Crippen LogP contribution in [0.1, 0.15) is 17.3 Å². The number of carbonyl (C=O) groups excluding carboxylic acids is 1. The van der Waals surface area contributed by atoms with Gasteiger partial charge in [0.1, 0.15) is 0 Å². The molecule has 21 heavy (non-hydrogen) atoms. The van der Waals surface area contributed by atoms with Crippen molar-refractivity contribution < 1.29 is 19.4 Å². The highest BCUT2D eigenvalue weighted by Crippen LogP contribution is 2.34. The monoisotopic (exact) mass is 332 g/mol. The molecule has 1 aliphatic heterocycles. The number of nitrogens with one attached hydrogen (secondary N) is 1. The Balaban J connectivity index is 2.36. The fourth-order valence-electron chi connectivity index (χ4n) is 2.05. The molecule has 2 rings (SSSR count). The van der Waals surface area contributed by atoms with Gasteiger partial charge in [0.2, 0.25) is 5.91 Å². The first-order chi connectivity index (χ1) is 9.75. The van der Waals surface area contributed by atoms with Crippen LogP contribution in [0.4, 0.5) is 5.69 Å². The summed E-state index contributed by atoms with van der Waals surface area (Å²) >= 11 is 11.8. The molecule has 1 amide bonds. The minimum Gasteiger partial charge on any atom is -0.478 e. The number of halogens is 2. The second-order valence-electron chi connectivity index (χ2n) is 5.11. The van der Waals surface area contributed by atoms with Crippen LogP contribution < -0.4 is 11.1 Å². The molecule has 6 nitrogen and oxygen atoms in total. The van der Waals surface area contributed by atoms with Crippen molar-refractivity contribution in [2.45, 2.75) is 13.0 Å². The van der Waals surface area contributed by atoms with E-state index < -0.39 is 23.3 Å². The Morgan fingerprint density at radius 3 is 2.67 bits per heavy atom. The van der Waals surface area contributed by atoms with Gasteiger partial charge in [0.15, 0.2) is 0 Å². The summed E-state index contributed by atoms with van der Waals surface area (Å²) in [6, 6.07) is 2.11. The fraction of sp³-hybridized carbons (Fsp3) is 0.385. The van der Waals surface area contributed by atoms with Crippen LogP contribution in [-0.4, -0.2) is 36.2 Å². The summed E-state index contributed by atoms with van der Waals surface area (Å²) in [5, 5.41) is 11.9. The Morgan fingerprint density at radius 2 is 2.14 bits per heavy atom. The average molecular weight is 333 g/mol. The normalized spacial score (nSPS) is 24.9. The molecule has 1 saturated heterocycles. The molecule has 1 heterocycles. The predicted octanol–water partition coefficient (Wildman–Crippen LogP) is 1.99. The number of carbonyl (C=O) groups is 2. The number of benzene rings is 1. The number of hydrogen-bond acceptors (Lipinski definition) is 4. The van der Waals surface area contributed by atoms with Crippen LogP contribution in [0.3, 0.4) is 0 Å². The lowest BCUT2D eigenvalue weighted by Gasteiger charge is -2.26. The Bertz CT molecular complexity index is 608. The van der Waals surface area contributed by atoms with Crippen LogP contribution >= 0.6 is 23.2 Å². The summed E-state index contributed by atoms with van der Waals surface area (Å²) in [6.07, 6.45) is 0. The van der Waals surface area contributed by atoms with Crippen molar-refractivity contribution in [2.24, 2.45) is 11.1 Å². The molecule has 4 N–H and O–H groups in total. The molecule has 8 heteroatoms. The van der Waals surface area contributed by atoms with E-state index in [1.165, 1.54) is 12.1 Å². The van der Waals surface area contributed by atoms with Crippen LogP contribution in [0.5, 0.6) is 0 Å². The summed E-state index contributed by atoms with van der Waals surface area (Å²) in [5.41, 5.74) is 4.74. The van der Waals surface area contributed by atoms with Crippen molar-refractivity contribution in [3.05, 3.63) is 27.7 Å². The molecule has 1 aromatic rings. The van der Waals surface area contributed by atoms with Gasteiger partial charge in [-0.25, -0.2) is 4.79 Å². The number of hydrogen-bond donors (Lipinski definition) is 3. The third kappa shape index (κ3) is 2.98. The van der Waals surface area contributed by atoms with Gasteiger partial charge >= 0.3 is 5.97 Å². The number of carboxylic acids is 1. The van der Waals surface area contributed by atoms with Gasteiger partial charge < -0.3 is 20.9 Å². The van der Waals surface area contributed by atoms with E-state index in [1.807, 2.05) is 0 Å². The number of anilines is 1. The van der Waals surface area contributed by atoms with Crippen LogP contribution in [-0.2, 0) is 9.53 Å². The lowest BCUT2D eigenvalue weighted by molar-refractivity contribution is -0.125. The Morgan fingerprint density at radius 1 is 1.48 bits per heavy atom. The molecule has 1 fully saturated rings. The summed E-state index contributed by atoms with van der Waals surface area (Å²) in [6.45, 7) is 2.09. The van der Waals surface area contributed by atoms with E-state index in [2.05, 4.69) is 5.32 Å². The molecule has 2 unspecified atom stereocenters. The van der Waals surface area contributed by atoms with E-state index in [4.69, 9.17) is 33.7 Å². The maximum absolute atomic E-state index is 12.4. The minimum atomic E-state index is -1.24. The quantitative estimate of drug-likeness (QED) is 0.785. The number of rotatable bonds is 3. The molecular weight excluding hydrogens is 319 g/mol. The molecule has 0 radical (unpaired) electrons. The number of aromatic carboxylic acids is 1. The van der Waals surface area contributed by atoms with Gasteiger partial charge in [0, 0.05) is 11.1 Å². The lowest BCUT2D eigenvalue weighted by atomic mass is 9.84. The topological polar surface area (TPSA) is 102 Å². The highest BCUT2D eigenvalue weighted by atomic mass is 35.5. The summed E-state index contributed by atoms with van der Waals surface area (Å²) < 4.78 is 5.20. The Labute approximate surface area is 131 Å². The summed E-state index contributed by atoms with van der Waals surface area (Å²) in [4.78, 5) is 23.7. The third-order valence-electron chi connectivity index (χ3n) is 3.56. The Kier molecular flexibility index (Phi) is 4.43. The molecule has 1 aliphatic rings. The van der Waals surface area contributed by atoms with Gasteiger partial charge in [-0.3, -0.25) is 4.79 Å². The maximum Gasteiger partial charge on any atom is 0.337 e. The zero-order valence-corrected chi connectivity index (χ0v) is 12.7. The number of nitrogens with two attached hydrogens (primary N) is 1. The molecule has 0 aliphatic carbocycles. The number of carboxylic acid groups (broad SMARTS) is 1. The first-order valence-corrected chi connectivity index (χ1v) is 6.88. The van der Waals surface area contributed by atoms with Crippen molar-refractivity contribution in [1.29, 1.82) is 0 Å². The van der Waals surface area contributed by atoms with E-state index in [0.29, 0.717) is 0 Å². The molecule has 2 atom stereocenters. The largest absolute Gasteiger partial charge is 0.478 e. The van der Waals surface area contributed by atoms with E-state index in [0.717, 1.165) is 0 Å². The van der Waals surface area contributed by atoms with Crippen LogP contribution in [0, 0.1) is 5.41 Å². The van der Waals surface area contributed by atoms with Crippen molar-refractivity contribution in [1.82, 2.24) is 0 Å². The van der Waals surface area contributed by atoms with Gasteiger partial charge in [-0.2, -0.15) is 0 Å².